The Bertz CT molecular complexity index is 985. The molecule has 0 fully saturated rings. The van der Waals surface area contributed by atoms with Crippen LogP contribution < -0.4 is 5.32 Å². The molecule has 0 unspecified atom stereocenters. The third kappa shape index (κ3) is 7.31. The molecule has 1 amide bonds. The number of hydrogen-bond donors (Lipinski definition) is 1. The average Bonchev–Trinajstić information content (AvgIpc) is 3.18. The van der Waals surface area contributed by atoms with Crippen molar-refractivity contribution >= 4 is 5.91 Å². The molecule has 0 spiro atoms. The zero-order chi connectivity index (χ0) is 22.2. The van der Waals surface area contributed by atoms with Gasteiger partial charge in [-0.05, 0) is 44.3 Å². The molecule has 7 heteroatoms. The molecular formula is C24H29FN4O2. The minimum absolute atomic E-state index is 0.249. The molecule has 3 aromatic rings. The number of nitrogens with zero attached hydrogens (tertiary/aromatic N) is 3. The van der Waals surface area contributed by atoms with Crippen LogP contribution in [0, 0.1) is 12.7 Å². The third-order valence-electron chi connectivity index (χ3n) is 4.80. The van der Waals surface area contributed by atoms with Crippen molar-refractivity contribution in [3.63, 3.8) is 0 Å². The third-order valence-corrected chi connectivity index (χ3v) is 4.80. The second-order valence-corrected chi connectivity index (χ2v) is 7.95. The van der Waals surface area contributed by atoms with Crippen LogP contribution in [-0.4, -0.2) is 47.9 Å². The molecule has 0 aliphatic rings. The summed E-state index contributed by atoms with van der Waals surface area (Å²) in [6.45, 7) is 5.04. The van der Waals surface area contributed by atoms with Gasteiger partial charge < -0.3 is 14.6 Å². The summed E-state index contributed by atoms with van der Waals surface area (Å²) < 4.78 is 18.9. The molecule has 0 aliphatic heterocycles. The van der Waals surface area contributed by atoms with Crippen molar-refractivity contribution < 1.29 is 13.6 Å². The van der Waals surface area contributed by atoms with Crippen LogP contribution in [0.3, 0.4) is 0 Å². The standard InChI is InChI=1S/C24H29FN4O2/c1-18-5-4-6-20(13-18)15-29(14-19-7-9-21(25)10-8-19)16-23-27-22(17-31-23)24(30)26-11-12-28(2)3/h4-10,13,17H,11-12,14-16H2,1-3H3,(H,26,30). The molecule has 1 heterocycles. The Hall–Kier alpha value is -3.03. The van der Waals surface area contributed by atoms with Crippen LogP contribution in [0.25, 0.3) is 0 Å². The van der Waals surface area contributed by atoms with Gasteiger partial charge in [0.2, 0.25) is 5.89 Å². The maximum absolute atomic E-state index is 13.3. The lowest BCUT2D eigenvalue weighted by molar-refractivity contribution is 0.0946. The Morgan fingerprint density at radius 2 is 1.81 bits per heavy atom. The van der Waals surface area contributed by atoms with Crippen molar-refractivity contribution in [2.45, 2.75) is 26.6 Å². The highest BCUT2D eigenvalue weighted by Gasteiger charge is 2.16. The number of carbonyl (C=O) groups is 1. The molecular weight excluding hydrogens is 395 g/mol. The average molecular weight is 425 g/mol. The molecule has 3 rings (SSSR count). The van der Waals surface area contributed by atoms with Gasteiger partial charge in [-0.2, -0.15) is 0 Å². The van der Waals surface area contributed by atoms with Gasteiger partial charge in [0, 0.05) is 26.2 Å². The summed E-state index contributed by atoms with van der Waals surface area (Å²) >= 11 is 0. The fourth-order valence-corrected chi connectivity index (χ4v) is 3.25. The van der Waals surface area contributed by atoms with Gasteiger partial charge in [-0.15, -0.1) is 0 Å². The Balaban J connectivity index is 1.69. The van der Waals surface area contributed by atoms with E-state index in [4.69, 9.17) is 4.42 Å². The second kappa shape index (κ2) is 10.8. The molecule has 0 radical (unpaired) electrons. The first-order valence-corrected chi connectivity index (χ1v) is 10.3. The van der Waals surface area contributed by atoms with Crippen LogP contribution in [0.1, 0.15) is 33.1 Å². The van der Waals surface area contributed by atoms with Gasteiger partial charge in [-0.25, -0.2) is 9.37 Å². The highest BCUT2D eigenvalue weighted by molar-refractivity contribution is 5.91. The predicted molar refractivity (Wildman–Crippen MR) is 118 cm³/mol. The van der Waals surface area contributed by atoms with E-state index in [1.165, 1.54) is 24.0 Å². The second-order valence-electron chi connectivity index (χ2n) is 7.95. The lowest BCUT2D eigenvalue weighted by Crippen LogP contribution is -2.31. The number of aromatic nitrogens is 1. The fraction of sp³-hybridized carbons (Fsp3) is 0.333. The molecule has 0 atom stereocenters. The summed E-state index contributed by atoms with van der Waals surface area (Å²) in [4.78, 5) is 20.8. The zero-order valence-corrected chi connectivity index (χ0v) is 18.3. The summed E-state index contributed by atoms with van der Waals surface area (Å²) in [6.07, 6.45) is 1.39. The van der Waals surface area contributed by atoms with E-state index in [0.29, 0.717) is 32.1 Å². The number of halogens is 1. The Labute approximate surface area is 182 Å². The Morgan fingerprint density at radius 3 is 2.52 bits per heavy atom. The summed E-state index contributed by atoms with van der Waals surface area (Å²) in [6, 6.07) is 14.8. The molecule has 6 nitrogen and oxygen atoms in total. The van der Waals surface area contributed by atoms with E-state index < -0.39 is 0 Å². The van der Waals surface area contributed by atoms with Crippen molar-refractivity contribution in [2.75, 3.05) is 27.2 Å². The van der Waals surface area contributed by atoms with Crippen molar-refractivity contribution in [3.05, 3.63) is 88.9 Å². The lowest BCUT2D eigenvalue weighted by Gasteiger charge is -2.21. The van der Waals surface area contributed by atoms with Gasteiger partial charge in [0.05, 0.1) is 6.54 Å². The van der Waals surface area contributed by atoms with Gasteiger partial charge in [-0.1, -0.05) is 42.0 Å². The lowest BCUT2D eigenvalue weighted by atomic mass is 10.1. The molecule has 0 saturated carbocycles. The largest absolute Gasteiger partial charge is 0.447 e. The maximum Gasteiger partial charge on any atom is 0.273 e. The molecule has 2 aromatic carbocycles. The number of benzene rings is 2. The van der Waals surface area contributed by atoms with Crippen molar-refractivity contribution in [2.24, 2.45) is 0 Å². The van der Waals surface area contributed by atoms with E-state index in [0.717, 1.165) is 17.7 Å². The van der Waals surface area contributed by atoms with E-state index in [2.05, 4.69) is 40.3 Å². The molecule has 0 aliphatic carbocycles. The molecule has 31 heavy (non-hydrogen) atoms. The maximum atomic E-state index is 13.3. The summed E-state index contributed by atoms with van der Waals surface area (Å²) in [5.41, 5.74) is 3.61. The minimum Gasteiger partial charge on any atom is -0.447 e. The van der Waals surface area contributed by atoms with Crippen LogP contribution in [0.2, 0.25) is 0 Å². The number of aryl methyl sites for hydroxylation is 1. The fourth-order valence-electron chi connectivity index (χ4n) is 3.25. The topological polar surface area (TPSA) is 61.6 Å². The van der Waals surface area contributed by atoms with Gasteiger partial charge in [-0.3, -0.25) is 9.69 Å². The highest BCUT2D eigenvalue weighted by atomic mass is 19.1. The number of carbonyl (C=O) groups excluding carboxylic acids is 1. The number of rotatable bonds is 10. The molecule has 0 saturated heterocycles. The Morgan fingerprint density at radius 1 is 1.06 bits per heavy atom. The van der Waals surface area contributed by atoms with Gasteiger partial charge in [0.25, 0.3) is 5.91 Å². The van der Waals surface area contributed by atoms with Crippen LogP contribution in [0.5, 0.6) is 0 Å². The predicted octanol–water partition coefficient (Wildman–Crippen LogP) is 3.62. The Kier molecular flexibility index (Phi) is 7.92. The first-order valence-electron chi connectivity index (χ1n) is 10.3. The van der Waals surface area contributed by atoms with E-state index >= 15 is 0 Å². The van der Waals surface area contributed by atoms with Crippen molar-refractivity contribution in [1.82, 2.24) is 20.1 Å². The van der Waals surface area contributed by atoms with Crippen LogP contribution in [-0.2, 0) is 19.6 Å². The first-order chi connectivity index (χ1) is 14.9. The number of nitrogens with one attached hydrogen (secondary N) is 1. The van der Waals surface area contributed by atoms with Crippen molar-refractivity contribution in [1.29, 1.82) is 0 Å². The van der Waals surface area contributed by atoms with Gasteiger partial charge in [0.1, 0.15) is 12.1 Å². The van der Waals surface area contributed by atoms with E-state index in [1.54, 1.807) is 12.1 Å². The van der Waals surface area contributed by atoms with E-state index in [9.17, 15) is 9.18 Å². The summed E-state index contributed by atoms with van der Waals surface area (Å²) in [7, 11) is 3.90. The van der Waals surface area contributed by atoms with Gasteiger partial charge in [0.15, 0.2) is 5.69 Å². The summed E-state index contributed by atoms with van der Waals surface area (Å²) in [5, 5.41) is 2.84. The van der Waals surface area contributed by atoms with Crippen LogP contribution in [0.4, 0.5) is 4.39 Å². The van der Waals surface area contributed by atoms with E-state index in [-0.39, 0.29) is 17.4 Å². The number of likely N-dealkylation sites (N-methyl/N-ethyl adjacent to an activating group) is 1. The molecule has 1 N–H and O–H groups in total. The molecule has 0 bridgehead atoms. The first kappa shape index (κ1) is 22.7. The monoisotopic (exact) mass is 424 g/mol. The van der Waals surface area contributed by atoms with Gasteiger partial charge >= 0.3 is 0 Å². The van der Waals surface area contributed by atoms with E-state index in [1.807, 2.05) is 25.1 Å². The van der Waals surface area contributed by atoms with Crippen LogP contribution >= 0.6 is 0 Å². The smallest absolute Gasteiger partial charge is 0.273 e. The van der Waals surface area contributed by atoms with Crippen molar-refractivity contribution in [3.8, 4) is 0 Å². The number of hydrogen-bond acceptors (Lipinski definition) is 5. The minimum atomic E-state index is -0.258. The highest BCUT2D eigenvalue weighted by Crippen LogP contribution is 2.16. The molecule has 1 aromatic heterocycles. The zero-order valence-electron chi connectivity index (χ0n) is 18.3. The SMILES string of the molecule is Cc1cccc(CN(Cc2ccc(F)cc2)Cc2nc(C(=O)NCCN(C)C)co2)c1. The quantitative estimate of drug-likeness (QED) is 0.539. The number of amides is 1. The van der Waals surface area contributed by atoms with Crippen LogP contribution in [0.15, 0.2) is 59.2 Å². The summed E-state index contributed by atoms with van der Waals surface area (Å²) in [5.74, 6) is -0.0419. The molecule has 164 valence electrons. The normalized spacial score (nSPS) is 11.3. The number of oxazole rings is 1.